The van der Waals surface area contributed by atoms with Crippen LogP contribution in [0, 0.1) is 5.92 Å². The molecular formula is C48H70N12O11S. The van der Waals surface area contributed by atoms with Crippen molar-refractivity contribution in [1.29, 1.82) is 0 Å². The number of phenolic OH excluding ortho intramolecular Hbond substituents is 1. The number of hydrogen-bond acceptors (Lipinski definition) is 13. The Morgan fingerprint density at radius 1 is 0.819 bits per heavy atom. The van der Waals surface area contributed by atoms with E-state index in [4.69, 9.17) is 17.2 Å². The topological polar surface area (TPSA) is 379 Å². The van der Waals surface area contributed by atoms with Crippen LogP contribution in [0.25, 0.3) is 10.9 Å². The van der Waals surface area contributed by atoms with Crippen molar-refractivity contribution in [2.75, 3.05) is 31.7 Å². The maximum absolute atomic E-state index is 14.3. The Labute approximate surface area is 422 Å². The molecule has 0 saturated carbocycles. The summed E-state index contributed by atoms with van der Waals surface area (Å²) in [5.41, 5.74) is 18.7. The van der Waals surface area contributed by atoms with E-state index < -0.39 is 108 Å². The SMILES string of the molecule is CC[C@@H](C)[C@@H](NC(=O)[C@@H](Cc1c[nH]c2ccccc12)NC(=O)[C@@H](C)NC(=O)[C@@H](Cc1ccc(O)cc1)NC(=O)[C@@H](CO)NC(=O)[C@H]1CCCN1C(=O)[C@H](N)CCSC)C(=O)N[C@H](CCCN=C(N)N)C(=O)O. The van der Waals surface area contributed by atoms with Crippen molar-refractivity contribution in [3.05, 3.63) is 65.9 Å². The molecule has 2 heterocycles. The number of aliphatic carboxylic acids is 1. The smallest absolute Gasteiger partial charge is 0.326 e. The van der Waals surface area contributed by atoms with Crippen LogP contribution in [0.2, 0.25) is 0 Å². The third-order valence-electron chi connectivity index (χ3n) is 12.5. The van der Waals surface area contributed by atoms with Crippen molar-refractivity contribution in [3.8, 4) is 5.75 Å². The zero-order valence-corrected chi connectivity index (χ0v) is 41.8. The third kappa shape index (κ3) is 16.9. The van der Waals surface area contributed by atoms with Crippen molar-refractivity contribution < 1.29 is 53.7 Å². The van der Waals surface area contributed by atoms with Crippen LogP contribution < -0.4 is 49.1 Å². The molecule has 394 valence electrons. The summed E-state index contributed by atoms with van der Waals surface area (Å²) in [5.74, 6) is -6.72. The Hall–Kier alpha value is -6.92. The third-order valence-corrected chi connectivity index (χ3v) is 13.1. The second kappa shape index (κ2) is 28.2. The number of hydrogen-bond donors (Lipinski definition) is 13. The normalized spacial score (nSPS) is 16.6. The number of aromatic amines is 1. The van der Waals surface area contributed by atoms with E-state index in [1.807, 2.05) is 24.5 Å². The van der Waals surface area contributed by atoms with Gasteiger partial charge in [0.05, 0.1) is 12.6 Å². The zero-order valence-electron chi connectivity index (χ0n) is 41.0. The minimum Gasteiger partial charge on any atom is -0.508 e. The number of benzene rings is 2. The summed E-state index contributed by atoms with van der Waals surface area (Å²) in [6, 6.07) is 2.96. The highest BCUT2D eigenvalue weighted by Crippen LogP contribution is 2.22. The first-order valence-electron chi connectivity index (χ1n) is 23.9. The van der Waals surface area contributed by atoms with Crippen molar-refractivity contribution in [2.24, 2.45) is 28.1 Å². The molecule has 4 rings (SSSR count). The van der Waals surface area contributed by atoms with Crippen LogP contribution in [-0.4, -0.2) is 159 Å². The molecule has 1 aromatic heterocycles. The summed E-state index contributed by atoms with van der Waals surface area (Å²) in [6.07, 6.45) is 5.10. The lowest BCUT2D eigenvalue weighted by Gasteiger charge is -2.29. The number of carboxylic acids is 1. The molecule has 24 heteroatoms. The summed E-state index contributed by atoms with van der Waals surface area (Å²) in [4.78, 5) is 117. The van der Waals surface area contributed by atoms with Gasteiger partial charge < -0.3 is 74.3 Å². The maximum atomic E-state index is 14.3. The molecule has 72 heavy (non-hydrogen) atoms. The highest BCUT2D eigenvalue weighted by molar-refractivity contribution is 7.98. The molecule has 1 saturated heterocycles. The van der Waals surface area contributed by atoms with Gasteiger partial charge in [-0.05, 0) is 86.3 Å². The van der Waals surface area contributed by atoms with E-state index in [1.165, 1.54) is 47.9 Å². The number of aromatic hydroxyl groups is 1. The number of aromatic nitrogens is 1. The lowest BCUT2D eigenvalue weighted by atomic mass is 9.96. The quantitative estimate of drug-likeness (QED) is 0.0232. The van der Waals surface area contributed by atoms with Gasteiger partial charge in [-0.15, -0.1) is 0 Å². The molecule has 23 nitrogen and oxygen atoms in total. The summed E-state index contributed by atoms with van der Waals surface area (Å²) in [5, 5.41) is 46.4. The van der Waals surface area contributed by atoms with Gasteiger partial charge in [0.25, 0.3) is 0 Å². The van der Waals surface area contributed by atoms with Gasteiger partial charge in [-0.1, -0.05) is 50.6 Å². The van der Waals surface area contributed by atoms with Gasteiger partial charge in [-0.25, -0.2) is 4.79 Å². The summed E-state index contributed by atoms with van der Waals surface area (Å²) >= 11 is 1.53. The number of aliphatic hydroxyl groups is 1. The Bertz CT molecular complexity index is 2380. The summed E-state index contributed by atoms with van der Waals surface area (Å²) in [6.45, 7) is 4.36. The van der Waals surface area contributed by atoms with Crippen molar-refractivity contribution in [1.82, 2.24) is 41.8 Å². The number of H-pyrrole nitrogens is 1. The number of fused-ring (bicyclic) bond motifs is 1. The van der Waals surface area contributed by atoms with Gasteiger partial charge in [0.1, 0.15) is 48.0 Å². The number of phenols is 1. The lowest BCUT2D eigenvalue weighted by molar-refractivity contribution is -0.143. The Morgan fingerprint density at radius 2 is 1.46 bits per heavy atom. The molecule has 2 aromatic carbocycles. The number of nitrogens with two attached hydrogens (primary N) is 3. The number of guanidine groups is 1. The predicted octanol–water partition coefficient (Wildman–Crippen LogP) is -1.16. The molecule has 9 atom stereocenters. The maximum Gasteiger partial charge on any atom is 0.326 e. The van der Waals surface area contributed by atoms with E-state index in [1.54, 1.807) is 26.1 Å². The number of likely N-dealkylation sites (tertiary alicyclic amines) is 1. The molecule has 7 amide bonds. The lowest BCUT2D eigenvalue weighted by Crippen LogP contribution is -2.61. The van der Waals surface area contributed by atoms with Crippen molar-refractivity contribution in [2.45, 2.75) is 120 Å². The fourth-order valence-electron chi connectivity index (χ4n) is 8.08. The van der Waals surface area contributed by atoms with Gasteiger partial charge in [-0.2, -0.15) is 11.8 Å². The summed E-state index contributed by atoms with van der Waals surface area (Å²) < 4.78 is 0. The number of amides is 7. The average Bonchev–Trinajstić information content (AvgIpc) is 4.02. The number of aliphatic hydroxyl groups excluding tert-OH is 1. The number of nitrogens with zero attached hydrogens (tertiary/aromatic N) is 2. The van der Waals surface area contributed by atoms with Crippen LogP contribution in [-0.2, 0) is 51.2 Å². The van der Waals surface area contributed by atoms with E-state index in [-0.39, 0.29) is 50.5 Å². The Kier molecular flexibility index (Phi) is 22.6. The van der Waals surface area contributed by atoms with Crippen LogP contribution in [0.3, 0.4) is 0 Å². The number of nitrogens with one attached hydrogen (secondary N) is 7. The van der Waals surface area contributed by atoms with Crippen LogP contribution >= 0.6 is 11.8 Å². The molecule has 0 bridgehead atoms. The van der Waals surface area contributed by atoms with Gasteiger partial charge in [0.15, 0.2) is 5.96 Å². The fourth-order valence-corrected chi connectivity index (χ4v) is 8.57. The first-order chi connectivity index (χ1) is 34.3. The molecular weight excluding hydrogens is 953 g/mol. The van der Waals surface area contributed by atoms with E-state index in [0.717, 1.165) is 10.9 Å². The number of carboxylic acid groups (broad SMARTS) is 1. The number of rotatable bonds is 28. The number of carbonyl (C=O) groups excluding carboxylic acids is 7. The Morgan fingerprint density at radius 3 is 2.11 bits per heavy atom. The minimum absolute atomic E-state index is 0.0167. The van der Waals surface area contributed by atoms with Crippen LogP contribution in [0.1, 0.15) is 70.4 Å². The average molecular weight is 1020 g/mol. The first-order valence-corrected chi connectivity index (χ1v) is 25.3. The molecule has 1 aliphatic heterocycles. The molecule has 0 unspecified atom stereocenters. The fraction of sp³-hybridized carbons (Fsp3) is 0.521. The first kappa shape index (κ1) is 57.7. The molecule has 0 spiro atoms. The van der Waals surface area contributed by atoms with Crippen molar-refractivity contribution in [3.63, 3.8) is 0 Å². The van der Waals surface area contributed by atoms with Crippen LogP contribution in [0.4, 0.5) is 0 Å². The predicted molar refractivity (Wildman–Crippen MR) is 271 cm³/mol. The van der Waals surface area contributed by atoms with Crippen molar-refractivity contribution >= 4 is 75.9 Å². The summed E-state index contributed by atoms with van der Waals surface area (Å²) in [7, 11) is 0. The minimum atomic E-state index is -1.56. The van der Waals surface area contributed by atoms with E-state index in [0.29, 0.717) is 42.6 Å². The molecule has 16 N–H and O–H groups in total. The van der Waals surface area contributed by atoms with E-state index in [2.05, 4.69) is 41.9 Å². The molecule has 0 radical (unpaired) electrons. The van der Waals surface area contributed by atoms with Gasteiger partial charge in [0, 0.05) is 43.0 Å². The molecule has 1 aliphatic rings. The number of thioether (sulfide) groups is 1. The Balaban J connectivity index is 1.54. The highest BCUT2D eigenvalue weighted by atomic mass is 32.2. The standard InChI is InChI=1S/C48H70N12O11S/c1-5-26(2)39(45(68)55-34(47(70)71)12-8-19-52-48(50)51)59-42(65)36(23-29-24-53-33-11-7-6-10-31(29)33)56-40(63)27(3)54-41(64)35(22-28-14-16-30(62)17-15-28)57-43(66)37(25-61)58-44(67)38-13-9-20-60(38)46(69)32(49)18-21-72-4/h6-7,10-11,14-17,24,26-27,32,34-39,53,61-62H,5,8-9,12-13,18-23,25,49H2,1-4H3,(H,54,64)(H,55,68)(H,56,63)(H,57,66)(H,58,67)(H,59,65)(H,70,71)(H4,50,51,52)/t26-,27-,32-,34-,35-,36-,37-,38-,39-/m1/s1. The van der Waals surface area contributed by atoms with Gasteiger partial charge in [0.2, 0.25) is 41.4 Å². The van der Waals surface area contributed by atoms with Gasteiger partial charge >= 0.3 is 5.97 Å². The largest absolute Gasteiger partial charge is 0.508 e. The van der Waals surface area contributed by atoms with E-state index in [9.17, 15) is 53.7 Å². The highest BCUT2D eigenvalue weighted by Gasteiger charge is 2.39. The molecule has 0 aliphatic carbocycles. The monoisotopic (exact) mass is 1020 g/mol. The number of para-hydroxylation sites is 1. The van der Waals surface area contributed by atoms with Crippen LogP contribution in [0.15, 0.2) is 59.7 Å². The second-order valence-corrected chi connectivity index (χ2v) is 18.8. The molecule has 1 fully saturated rings. The van der Waals surface area contributed by atoms with E-state index >= 15 is 0 Å². The second-order valence-electron chi connectivity index (χ2n) is 17.8. The zero-order chi connectivity index (χ0) is 53.1. The van der Waals surface area contributed by atoms with Gasteiger partial charge in [-0.3, -0.25) is 38.6 Å². The number of aliphatic imine (C=N–C) groups is 1. The van der Waals surface area contributed by atoms with Crippen LogP contribution in [0.5, 0.6) is 5.75 Å². The number of carbonyl (C=O) groups is 8. The molecule has 3 aromatic rings.